The van der Waals surface area contributed by atoms with Crippen molar-refractivity contribution in [3.63, 3.8) is 0 Å². The second-order valence-corrected chi connectivity index (χ2v) is 9.28. The van der Waals surface area contributed by atoms with E-state index in [2.05, 4.69) is 20.6 Å². The van der Waals surface area contributed by atoms with Crippen LogP contribution in [0.15, 0.2) is 42.9 Å². The van der Waals surface area contributed by atoms with Gasteiger partial charge in [0.2, 0.25) is 23.5 Å². The van der Waals surface area contributed by atoms with E-state index in [0.717, 1.165) is 4.90 Å². The van der Waals surface area contributed by atoms with Crippen LogP contribution in [0.5, 0.6) is 0 Å². The maximum atomic E-state index is 13.6. The maximum Gasteiger partial charge on any atom is 0.372 e. The molecule has 2 fully saturated rings. The van der Waals surface area contributed by atoms with Crippen molar-refractivity contribution in [1.29, 1.82) is 0 Å². The highest BCUT2D eigenvalue weighted by atomic mass is 16.7. The summed E-state index contributed by atoms with van der Waals surface area (Å²) in [4.78, 5) is 71.3. The third-order valence-electron chi connectivity index (χ3n) is 6.66. The minimum atomic E-state index is -3.18. The van der Waals surface area contributed by atoms with E-state index < -0.39 is 47.5 Å². The first kappa shape index (κ1) is 26.9. The number of nitrogens with zero attached hydrogens (tertiary/aromatic N) is 2. The Morgan fingerprint density at radius 3 is 2.61 bits per heavy atom. The van der Waals surface area contributed by atoms with E-state index in [1.54, 1.807) is 30.3 Å². The molecule has 1 aromatic heterocycles. The number of aliphatic carboxylic acids is 1. The lowest BCUT2D eigenvalue weighted by Gasteiger charge is -2.32. The molecule has 4 atom stereocenters. The third kappa shape index (κ3) is 5.89. The SMILES string of the molecule is O=C1CC[C@@H](C(=O)N[C@@H](Cc2cnc[nH]2)C(=O)N2CCC[C@H]2C(=O)C(O)(OCc2ccccc2)C(=O)O)N1. The highest BCUT2D eigenvalue weighted by molar-refractivity contribution is 6.08. The van der Waals surface area contributed by atoms with Crippen LogP contribution < -0.4 is 10.6 Å². The Kier molecular flexibility index (Phi) is 8.17. The van der Waals surface area contributed by atoms with E-state index >= 15 is 0 Å². The number of hydrogen-bond acceptors (Lipinski definition) is 8. The lowest BCUT2D eigenvalue weighted by Crippen LogP contribution is -2.60. The van der Waals surface area contributed by atoms with Gasteiger partial charge in [-0.3, -0.25) is 19.2 Å². The van der Waals surface area contributed by atoms with Crippen molar-refractivity contribution in [3.05, 3.63) is 54.1 Å². The van der Waals surface area contributed by atoms with Crippen LogP contribution in [0, 0.1) is 0 Å². The molecule has 0 radical (unpaired) electrons. The Bertz CT molecular complexity index is 1190. The van der Waals surface area contributed by atoms with Crippen LogP contribution in [-0.4, -0.2) is 85.0 Å². The first-order chi connectivity index (χ1) is 18.2. The summed E-state index contributed by atoms with van der Waals surface area (Å²) in [6, 6.07) is 5.22. The monoisotopic (exact) mass is 527 g/mol. The molecule has 2 saturated heterocycles. The maximum absolute atomic E-state index is 13.6. The summed E-state index contributed by atoms with van der Waals surface area (Å²) in [7, 11) is 0. The molecule has 5 N–H and O–H groups in total. The van der Waals surface area contributed by atoms with E-state index in [1.165, 1.54) is 12.5 Å². The van der Waals surface area contributed by atoms with Crippen LogP contribution in [0.25, 0.3) is 0 Å². The number of likely N-dealkylation sites (tertiary alicyclic amines) is 1. The van der Waals surface area contributed by atoms with Crippen molar-refractivity contribution < 1.29 is 38.9 Å². The summed E-state index contributed by atoms with van der Waals surface area (Å²) in [5.74, 6) is -7.71. The van der Waals surface area contributed by atoms with Crippen molar-refractivity contribution in [3.8, 4) is 0 Å². The Morgan fingerprint density at radius 2 is 1.97 bits per heavy atom. The number of aliphatic hydroxyl groups is 1. The molecule has 3 amide bonds. The van der Waals surface area contributed by atoms with E-state index in [-0.39, 0.29) is 44.7 Å². The summed E-state index contributed by atoms with van der Waals surface area (Å²) in [6.07, 6.45) is 3.86. The molecule has 0 aliphatic carbocycles. The number of carbonyl (C=O) groups excluding carboxylic acids is 4. The summed E-state index contributed by atoms with van der Waals surface area (Å²) in [5, 5.41) is 25.7. The van der Waals surface area contributed by atoms with Crippen molar-refractivity contribution >= 4 is 29.5 Å². The van der Waals surface area contributed by atoms with Gasteiger partial charge in [-0.15, -0.1) is 0 Å². The molecule has 0 bridgehead atoms. The summed E-state index contributed by atoms with van der Waals surface area (Å²) in [6.45, 7) is -0.235. The number of carbonyl (C=O) groups is 5. The predicted octanol–water partition coefficient (Wildman–Crippen LogP) is -0.734. The Morgan fingerprint density at radius 1 is 1.21 bits per heavy atom. The van der Waals surface area contributed by atoms with Crippen molar-refractivity contribution in [2.45, 2.75) is 62.6 Å². The molecule has 4 rings (SSSR count). The molecule has 13 heteroatoms. The van der Waals surface area contributed by atoms with Crippen LogP contribution in [-0.2, 0) is 41.7 Å². The molecular weight excluding hydrogens is 498 g/mol. The second kappa shape index (κ2) is 11.5. The minimum Gasteiger partial charge on any atom is -0.477 e. The summed E-state index contributed by atoms with van der Waals surface area (Å²) in [5.41, 5.74) is 1.08. The fourth-order valence-electron chi connectivity index (χ4n) is 4.63. The van der Waals surface area contributed by atoms with Gasteiger partial charge in [0.1, 0.15) is 12.1 Å². The van der Waals surface area contributed by atoms with Crippen LogP contribution in [0.4, 0.5) is 0 Å². The van der Waals surface area contributed by atoms with Gasteiger partial charge in [-0.2, -0.15) is 0 Å². The number of hydrogen-bond donors (Lipinski definition) is 5. The molecular formula is C25H29N5O8. The summed E-state index contributed by atoms with van der Waals surface area (Å²) < 4.78 is 5.21. The van der Waals surface area contributed by atoms with Crippen molar-refractivity contribution in [2.24, 2.45) is 0 Å². The van der Waals surface area contributed by atoms with Gasteiger partial charge in [-0.25, -0.2) is 9.78 Å². The van der Waals surface area contributed by atoms with Gasteiger partial charge in [0.05, 0.1) is 19.0 Å². The number of carboxylic acids is 1. The number of aromatic amines is 1. The Hall–Kier alpha value is -4.10. The lowest BCUT2D eigenvalue weighted by atomic mass is 10.0. The number of carboxylic acid groups (broad SMARTS) is 1. The van der Waals surface area contributed by atoms with E-state index in [4.69, 9.17) is 4.74 Å². The van der Waals surface area contributed by atoms with E-state index in [1.807, 2.05) is 0 Å². The molecule has 1 unspecified atom stereocenters. The number of nitrogens with one attached hydrogen (secondary N) is 3. The lowest BCUT2D eigenvalue weighted by molar-refractivity contribution is -0.225. The van der Waals surface area contributed by atoms with Crippen molar-refractivity contribution in [1.82, 2.24) is 25.5 Å². The predicted molar refractivity (Wildman–Crippen MR) is 129 cm³/mol. The van der Waals surface area contributed by atoms with Gasteiger partial charge in [0, 0.05) is 31.3 Å². The number of amides is 3. The molecule has 2 aromatic rings. The quantitative estimate of drug-likeness (QED) is 0.185. The molecule has 3 heterocycles. The van der Waals surface area contributed by atoms with Crippen LogP contribution >= 0.6 is 0 Å². The zero-order valence-corrected chi connectivity index (χ0v) is 20.5. The topological polar surface area (TPSA) is 191 Å². The van der Waals surface area contributed by atoms with Gasteiger partial charge in [0.15, 0.2) is 0 Å². The van der Waals surface area contributed by atoms with Crippen LogP contribution in [0.1, 0.15) is 36.9 Å². The number of H-pyrrole nitrogens is 1. The number of Topliss-reactive ketones (excluding diaryl/α,β-unsaturated/α-hetero) is 1. The van der Waals surface area contributed by atoms with Gasteiger partial charge >= 0.3 is 11.8 Å². The molecule has 1 aromatic carbocycles. The molecule has 202 valence electrons. The zero-order chi connectivity index (χ0) is 27.3. The fraction of sp³-hybridized carbons (Fsp3) is 0.440. The largest absolute Gasteiger partial charge is 0.477 e. The van der Waals surface area contributed by atoms with E-state index in [0.29, 0.717) is 17.7 Å². The van der Waals surface area contributed by atoms with Gasteiger partial charge in [-0.05, 0) is 24.8 Å². The highest BCUT2D eigenvalue weighted by Gasteiger charge is 2.52. The minimum absolute atomic E-state index is 0.0103. The molecule has 38 heavy (non-hydrogen) atoms. The number of imidazole rings is 1. The van der Waals surface area contributed by atoms with Crippen LogP contribution in [0.2, 0.25) is 0 Å². The smallest absolute Gasteiger partial charge is 0.372 e. The fourth-order valence-corrected chi connectivity index (χ4v) is 4.63. The van der Waals surface area contributed by atoms with Gasteiger partial charge in [-0.1, -0.05) is 30.3 Å². The second-order valence-electron chi connectivity index (χ2n) is 9.28. The van der Waals surface area contributed by atoms with Gasteiger partial charge in [0.25, 0.3) is 0 Å². The summed E-state index contributed by atoms with van der Waals surface area (Å²) >= 11 is 0. The Labute approximate surface area is 217 Å². The number of aromatic nitrogens is 2. The molecule has 0 spiro atoms. The van der Waals surface area contributed by atoms with Crippen molar-refractivity contribution in [2.75, 3.05) is 6.54 Å². The zero-order valence-electron chi connectivity index (χ0n) is 20.5. The normalized spacial score (nSPS) is 21.4. The Balaban J connectivity index is 1.52. The van der Waals surface area contributed by atoms with Crippen LogP contribution in [0.3, 0.4) is 0 Å². The average molecular weight is 528 g/mol. The van der Waals surface area contributed by atoms with E-state index in [9.17, 15) is 34.2 Å². The third-order valence-corrected chi connectivity index (χ3v) is 6.66. The number of ketones is 1. The molecule has 13 nitrogen and oxygen atoms in total. The number of ether oxygens (including phenoxy) is 1. The number of benzene rings is 1. The first-order valence-electron chi connectivity index (χ1n) is 12.2. The van der Waals surface area contributed by atoms with Gasteiger partial charge < -0.3 is 35.5 Å². The molecule has 0 saturated carbocycles. The standard InChI is InChI=1S/C25H29N5O8/c31-20-9-8-17(28-20)22(33)29-18(11-16-12-26-14-27-16)23(34)30-10-4-7-19(30)21(32)25(37,24(35)36)38-13-15-5-2-1-3-6-15/h1-3,5-6,12,14,17-19,37H,4,7-11,13H2,(H,26,27)(H,28,31)(H,29,33)(H,35,36)/t17-,18-,19-,25?/m0/s1. The first-order valence-corrected chi connectivity index (χ1v) is 12.2. The highest BCUT2D eigenvalue weighted by Crippen LogP contribution is 2.26. The molecule has 2 aliphatic rings. The average Bonchev–Trinajstić information content (AvgIpc) is 3.69. The number of rotatable bonds is 11. The molecule has 2 aliphatic heterocycles.